The minimum Gasteiger partial charge on any atom is -0.504 e. The quantitative estimate of drug-likeness (QED) is 0.412. The number of pyridine rings is 1. The zero-order chi connectivity index (χ0) is 22.6. The lowest BCUT2D eigenvalue weighted by molar-refractivity contribution is 0.112. The number of aldehydes is 1. The van der Waals surface area contributed by atoms with E-state index in [0.717, 1.165) is 68.8 Å². The van der Waals surface area contributed by atoms with Gasteiger partial charge in [-0.25, -0.2) is 4.52 Å². The summed E-state index contributed by atoms with van der Waals surface area (Å²) < 4.78 is 18.9. The number of unbranched alkanes of at least 4 members (excludes halogenated alkanes) is 1. The van der Waals surface area contributed by atoms with Crippen LogP contribution in [0.1, 0.15) is 23.2 Å². The van der Waals surface area contributed by atoms with Crippen LogP contribution in [0.4, 0.5) is 5.69 Å². The maximum atomic E-state index is 11.1. The highest BCUT2D eigenvalue weighted by molar-refractivity contribution is 5.85. The fourth-order valence-corrected chi connectivity index (χ4v) is 4.36. The summed E-state index contributed by atoms with van der Waals surface area (Å²) in [6, 6.07) is 7.31. The Balaban J connectivity index is 1.06. The molecule has 1 N–H and O–H groups in total. The van der Waals surface area contributed by atoms with Gasteiger partial charge in [0.05, 0.1) is 29.6 Å². The zero-order valence-corrected chi connectivity index (χ0v) is 18.5. The number of nitrogens with zero attached hydrogens (tertiary/aromatic N) is 4. The third-order valence-electron chi connectivity index (χ3n) is 6.15. The summed E-state index contributed by atoms with van der Waals surface area (Å²) in [5, 5.41) is 14.2. The maximum absolute atomic E-state index is 11.1. The number of fused-ring (bicyclic) bond motifs is 2. The topological polar surface area (TPSA) is 88.8 Å². The lowest BCUT2D eigenvalue weighted by Gasteiger charge is -2.37. The average Bonchev–Trinajstić information content (AvgIpc) is 3.27. The Morgan fingerprint density at radius 1 is 1.06 bits per heavy atom. The molecule has 0 amide bonds. The van der Waals surface area contributed by atoms with Crippen LogP contribution in [0.5, 0.6) is 23.0 Å². The Bertz CT molecular complexity index is 1120. The number of benzene rings is 1. The van der Waals surface area contributed by atoms with Crippen LogP contribution >= 0.6 is 0 Å². The first-order valence-corrected chi connectivity index (χ1v) is 11.4. The van der Waals surface area contributed by atoms with Crippen LogP contribution < -0.4 is 19.1 Å². The summed E-state index contributed by atoms with van der Waals surface area (Å²) in [6.45, 7) is 6.38. The molecule has 1 saturated heterocycles. The second kappa shape index (κ2) is 9.58. The second-order valence-corrected chi connectivity index (χ2v) is 8.25. The van der Waals surface area contributed by atoms with Gasteiger partial charge in [-0.2, -0.15) is 5.10 Å². The molecule has 174 valence electrons. The number of piperazine rings is 1. The van der Waals surface area contributed by atoms with Crippen LogP contribution in [0, 0.1) is 0 Å². The summed E-state index contributed by atoms with van der Waals surface area (Å²) in [6.07, 6.45) is 6.19. The van der Waals surface area contributed by atoms with E-state index in [-0.39, 0.29) is 5.75 Å². The average molecular weight is 453 g/mol. The number of carbonyl (C=O) groups is 1. The molecule has 2 aromatic heterocycles. The van der Waals surface area contributed by atoms with Gasteiger partial charge in [-0.15, -0.1) is 0 Å². The SMILES string of the molecule is O=Cc1cnn2ccc(OCCCCN3CCN(c4ccc(O)c5c4OCCO5)CC3)cc12. The number of anilines is 1. The van der Waals surface area contributed by atoms with E-state index in [1.165, 1.54) is 0 Å². The smallest absolute Gasteiger partial charge is 0.205 e. The Morgan fingerprint density at radius 2 is 1.88 bits per heavy atom. The molecule has 9 heteroatoms. The molecule has 0 saturated carbocycles. The van der Waals surface area contributed by atoms with Crippen LogP contribution in [-0.4, -0.2) is 78.5 Å². The molecule has 9 nitrogen and oxygen atoms in total. The molecule has 0 bridgehead atoms. The monoisotopic (exact) mass is 452 g/mol. The normalized spacial score (nSPS) is 16.2. The number of carbonyl (C=O) groups excluding carboxylic acids is 1. The fraction of sp³-hybridized carbons (Fsp3) is 0.417. The summed E-state index contributed by atoms with van der Waals surface area (Å²) in [7, 11) is 0. The fourth-order valence-electron chi connectivity index (χ4n) is 4.36. The number of ether oxygens (including phenoxy) is 3. The van der Waals surface area contributed by atoms with Crippen molar-refractivity contribution in [2.24, 2.45) is 0 Å². The van der Waals surface area contributed by atoms with E-state index in [2.05, 4.69) is 14.9 Å². The number of hydrogen-bond donors (Lipinski definition) is 1. The van der Waals surface area contributed by atoms with Crippen LogP contribution in [-0.2, 0) is 0 Å². The number of hydrogen-bond acceptors (Lipinski definition) is 8. The number of phenols is 1. The van der Waals surface area contributed by atoms with Crippen LogP contribution in [0.25, 0.3) is 5.52 Å². The largest absolute Gasteiger partial charge is 0.504 e. The molecule has 0 atom stereocenters. The molecule has 0 radical (unpaired) electrons. The maximum Gasteiger partial charge on any atom is 0.205 e. The molecule has 4 heterocycles. The molecule has 33 heavy (non-hydrogen) atoms. The summed E-state index contributed by atoms with van der Waals surface area (Å²) in [4.78, 5) is 15.9. The number of rotatable bonds is 8. The van der Waals surface area contributed by atoms with Crippen molar-refractivity contribution in [1.29, 1.82) is 0 Å². The summed E-state index contributed by atoms with van der Waals surface area (Å²) in [5.41, 5.74) is 2.31. The molecule has 3 aromatic rings. The zero-order valence-electron chi connectivity index (χ0n) is 18.5. The van der Waals surface area contributed by atoms with Gasteiger partial charge in [0, 0.05) is 38.4 Å². The van der Waals surface area contributed by atoms with Gasteiger partial charge >= 0.3 is 0 Å². The van der Waals surface area contributed by atoms with Crippen molar-refractivity contribution >= 4 is 17.5 Å². The van der Waals surface area contributed by atoms with E-state index in [1.807, 2.05) is 18.2 Å². The highest BCUT2D eigenvalue weighted by Gasteiger charge is 2.25. The Morgan fingerprint density at radius 3 is 2.70 bits per heavy atom. The first-order valence-electron chi connectivity index (χ1n) is 11.4. The van der Waals surface area contributed by atoms with E-state index in [4.69, 9.17) is 14.2 Å². The molecule has 0 aliphatic carbocycles. The number of phenolic OH excluding ortho intramolecular Hbond substituents is 1. The predicted molar refractivity (Wildman–Crippen MR) is 123 cm³/mol. The van der Waals surface area contributed by atoms with Gasteiger partial charge in [-0.1, -0.05) is 0 Å². The van der Waals surface area contributed by atoms with E-state index < -0.39 is 0 Å². The lowest BCUT2D eigenvalue weighted by Crippen LogP contribution is -2.46. The van der Waals surface area contributed by atoms with E-state index in [1.54, 1.807) is 23.0 Å². The van der Waals surface area contributed by atoms with Crippen LogP contribution in [0.3, 0.4) is 0 Å². The Kier molecular flexibility index (Phi) is 6.21. The minimum atomic E-state index is 0.128. The van der Waals surface area contributed by atoms with E-state index in [9.17, 15) is 9.90 Å². The third kappa shape index (κ3) is 4.54. The Hall–Kier alpha value is -3.46. The van der Waals surface area contributed by atoms with Gasteiger partial charge in [0.25, 0.3) is 0 Å². The molecule has 0 spiro atoms. The van der Waals surface area contributed by atoms with Gasteiger partial charge in [-0.05, 0) is 37.6 Å². The van der Waals surface area contributed by atoms with Gasteiger partial charge in [0.2, 0.25) is 5.75 Å². The standard InChI is InChI=1S/C24H28N4O5/c29-17-18-16-25-28-7-5-19(15-21(18)28)31-12-2-1-6-26-8-10-27(11-9-26)20-3-4-22(30)24-23(20)32-13-14-33-24/h3-5,7,15-17,30H,1-2,6,8-14H2. The molecule has 0 unspecified atom stereocenters. The van der Waals surface area contributed by atoms with E-state index >= 15 is 0 Å². The Labute approximate surface area is 192 Å². The van der Waals surface area contributed by atoms with Crippen molar-refractivity contribution in [2.75, 3.05) is 57.4 Å². The molecule has 5 rings (SSSR count). The van der Waals surface area contributed by atoms with Gasteiger partial charge in [-0.3, -0.25) is 9.69 Å². The highest BCUT2D eigenvalue weighted by Crippen LogP contribution is 2.45. The number of aromatic hydroxyl groups is 1. The lowest BCUT2D eigenvalue weighted by atomic mass is 10.2. The van der Waals surface area contributed by atoms with Crippen molar-refractivity contribution in [1.82, 2.24) is 14.5 Å². The predicted octanol–water partition coefficient (Wildman–Crippen LogP) is 2.60. The van der Waals surface area contributed by atoms with Crippen LogP contribution in [0.2, 0.25) is 0 Å². The first-order chi connectivity index (χ1) is 16.2. The molecule has 1 aromatic carbocycles. The van der Waals surface area contributed by atoms with E-state index in [0.29, 0.717) is 36.9 Å². The van der Waals surface area contributed by atoms with Crippen molar-refractivity contribution in [3.63, 3.8) is 0 Å². The van der Waals surface area contributed by atoms with Crippen molar-refractivity contribution < 1.29 is 24.1 Å². The van der Waals surface area contributed by atoms with Crippen molar-refractivity contribution in [3.8, 4) is 23.0 Å². The molecule has 2 aliphatic rings. The minimum absolute atomic E-state index is 0.128. The van der Waals surface area contributed by atoms with Crippen molar-refractivity contribution in [3.05, 3.63) is 42.2 Å². The van der Waals surface area contributed by atoms with Gasteiger partial charge in [0.15, 0.2) is 17.8 Å². The van der Waals surface area contributed by atoms with Crippen LogP contribution in [0.15, 0.2) is 36.7 Å². The molecular formula is C24H28N4O5. The number of aromatic nitrogens is 2. The second-order valence-electron chi connectivity index (χ2n) is 8.25. The summed E-state index contributed by atoms with van der Waals surface area (Å²) >= 11 is 0. The van der Waals surface area contributed by atoms with Gasteiger partial charge in [0.1, 0.15) is 19.0 Å². The van der Waals surface area contributed by atoms with Crippen molar-refractivity contribution in [2.45, 2.75) is 12.8 Å². The summed E-state index contributed by atoms with van der Waals surface area (Å²) in [5.74, 6) is 1.99. The van der Waals surface area contributed by atoms with Gasteiger partial charge < -0.3 is 24.2 Å². The molecular weight excluding hydrogens is 424 g/mol. The molecule has 1 fully saturated rings. The first kappa shape index (κ1) is 21.4. The third-order valence-corrected chi connectivity index (χ3v) is 6.15. The molecule has 2 aliphatic heterocycles. The highest BCUT2D eigenvalue weighted by atomic mass is 16.6.